The van der Waals surface area contributed by atoms with Crippen LogP contribution in [0, 0.1) is 5.82 Å². The number of halogens is 1. The van der Waals surface area contributed by atoms with E-state index in [0.29, 0.717) is 0 Å². The van der Waals surface area contributed by atoms with Crippen molar-refractivity contribution in [3.63, 3.8) is 0 Å². The molecule has 2 aromatic carbocycles. The third kappa shape index (κ3) is 2.39. The highest BCUT2D eigenvalue weighted by Gasteiger charge is 2.15. The van der Waals surface area contributed by atoms with Crippen LogP contribution < -0.4 is 5.32 Å². The molecule has 3 aromatic rings. The monoisotopic (exact) mass is 271 g/mol. The van der Waals surface area contributed by atoms with Gasteiger partial charge >= 0.3 is 0 Å². The van der Waals surface area contributed by atoms with Gasteiger partial charge in [-0.05, 0) is 42.3 Å². The Morgan fingerprint density at radius 1 is 1.05 bits per heavy atom. The first-order chi connectivity index (χ1) is 9.28. The molecule has 0 saturated carbocycles. The Bertz CT molecular complexity index is 672. The summed E-state index contributed by atoms with van der Waals surface area (Å²) < 4.78 is 14.6. The van der Waals surface area contributed by atoms with Crippen LogP contribution in [-0.2, 0) is 0 Å². The summed E-state index contributed by atoms with van der Waals surface area (Å²) in [6.07, 6.45) is 0. The van der Waals surface area contributed by atoms with E-state index in [9.17, 15) is 4.39 Å². The largest absolute Gasteiger partial charge is 0.309 e. The molecule has 1 N–H and O–H groups in total. The minimum absolute atomic E-state index is 0.0353. The SMILES string of the molecule is CNC(c1cccc(F)c1)c1cc2ccccc2s1. The predicted molar refractivity (Wildman–Crippen MR) is 79.1 cm³/mol. The average Bonchev–Trinajstić information content (AvgIpc) is 2.83. The van der Waals surface area contributed by atoms with E-state index in [0.717, 1.165) is 5.56 Å². The van der Waals surface area contributed by atoms with Gasteiger partial charge < -0.3 is 5.32 Å². The van der Waals surface area contributed by atoms with E-state index in [4.69, 9.17) is 0 Å². The van der Waals surface area contributed by atoms with Crippen LogP contribution >= 0.6 is 11.3 Å². The van der Waals surface area contributed by atoms with Crippen molar-refractivity contribution in [2.24, 2.45) is 0 Å². The molecule has 0 aliphatic rings. The van der Waals surface area contributed by atoms with Gasteiger partial charge in [-0.3, -0.25) is 0 Å². The lowest BCUT2D eigenvalue weighted by Crippen LogP contribution is -2.16. The zero-order valence-electron chi connectivity index (χ0n) is 10.6. The van der Waals surface area contributed by atoms with Crippen molar-refractivity contribution in [3.8, 4) is 0 Å². The molecule has 1 unspecified atom stereocenters. The Labute approximate surface area is 115 Å². The van der Waals surface area contributed by atoms with Crippen LogP contribution in [-0.4, -0.2) is 7.05 Å². The van der Waals surface area contributed by atoms with Crippen LogP contribution in [0.1, 0.15) is 16.5 Å². The van der Waals surface area contributed by atoms with Crippen LogP contribution in [0.15, 0.2) is 54.6 Å². The van der Waals surface area contributed by atoms with Gasteiger partial charge in [0.25, 0.3) is 0 Å². The quantitative estimate of drug-likeness (QED) is 0.746. The highest BCUT2D eigenvalue weighted by molar-refractivity contribution is 7.19. The summed E-state index contributed by atoms with van der Waals surface area (Å²) >= 11 is 1.75. The molecule has 1 nitrogen and oxygen atoms in total. The van der Waals surface area contributed by atoms with E-state index in [2.05, 4.69) is 23.5 Å². The van der Waals surface area contributed by atoms with E-state index in [1.165, 1.54) is 21.0 Å². The molecular weight excluding hydrogens is 257 g/mol. The first kappa shape index (κ1) is 12.3. The molecule has 0 saturated heterocycles. The fourth-order valence-corrected chi connectivity index (χ4v) is 3.51. The maximum Gasteiger partial charge on any atom is 0.123 e. The summed E-state index contributed by atoms with van der Waals surface area (Å²) in [5.74, 6) is -0.195. The highest BCUT2D eigenvalue weighted by atomic mass is 32.1. The van der Waals surface area contributed by atoms with Crippen molar-refractivity contribution in [1.29, 1.82) is 0 Å². The number of hydrogen-bond acceptors (Lipinski definition) is 2. The Hall–Kier alpha value is -1.71. The molecule has 0 fully saturated rings. The van der Waals surface area contributed by atoms with E-state index in [-0.39, 0.29) is 11.9 Å². The van der Waals surface area contributed by atoms with E-state index in [1.807, 2.05) is 25.2 Å². The van der Waals surface area contributed by atoms with E-state index in [1.54, 1.807) is 23.5 Å². The topological polar surface area (TPSA) is 12.0 Å². The Morgan fingerprint density at radius 3 is 2.63 bits per heavy atom. The number of fused-ring (bicyclic) bond motifs is 1. The Balaban J connectivity index is 2.06. The van der Waals surface area contributed by atoms with Gasteiger partial charge in [-0.15, -0.1) is 11.3 Å². The summed E-state index contributed by atoms with van der Waals surface area (Å²) in [4.78, 5) is 1.20. The van der Waals surface area contributed by atoms with Crippen molar-refractivity contribution in [1.82, 2.24) is 5.32 Å². The number of nitrogens with one attached hydrogen (secondary N) is 1. The maximum absolute atomic E-state index is 13.4. The lowest BCUT2D eigenvalue weighted by Gasteiger charge is -2.14. The first-order valence-electron chi connectivity index (χ1n) is 6.19. The zero-order chi connectivity index (χ0) is 13.2. The first-order valence-corrected chi connectivity index (χ1v) is 7.01. The van der Waals surface area contributed by atoms with Gasteiger partial charge in [-0.2, -0.15) is 0 Å². The van der Waals surface area contributed by atoms with Crippen molar-refractivity contribution < 1.29 is 4.39 Å². The lowest BCUT2D eigenvalue weighted by molar-refractivity contribution is 0.618. The molecule has 96 valence electrons. The van der Waals surface area contributed by atoms with Crippen molar-refractivity contribution >= 4 is 21.4 Å². The van der Waals surface area contributed by atoms with Crippen molar-refractivity contribution in [2.75, 3.05) is 7.05 Å². The van der Waals surface area contributed by atoms with Crippen LogP contribution in [0.25, 0.3) is 10.1 Å². The summed E-state index contributed by atoms with van der Waals surface area (Å²) in [7, 11) is 1.90. The predicted octanol–water partition coefficient (Wildman–Crippen LogP) is 4.35. The molecule has 3 heteroatoms. The Kier molecular flexibility index (Phi) is 3.32. The van der Waals surface area contributed by atoms with E-state index < -0.39 is 0 Å². The minimum Gasteiger partial charge on any atom is -0.309 e. The second-order valence-corrected chi connectivity index (χ2v) is 5.58. The van der Waals surface area contributed by atoms with Crippen molar-refractivity contribution in [3.05, 3.63) is 70.9 Å². The second-order valence-electron chi connectivity index (χ2n) is 4.46. The van der Waals surface area contributed by atoms with Crippen LogP contribution in [0.3, 0.4) is 0 Å². The summed E-state index contributed by atoms with van der Waals surface area (Å²) in [5, 5.41) is 4.50. The van der Waals surface area contributed by atoms with Gasteiger partial charge in [0.05, 0.1) is 6.04 Å². The van der Waals surface area contributed by atoms with Gasteiger partial charge in [-0.25, -0.2) is 4.39 Å². The number of thiophene rings is 1. The molecule has 19 heavy (non-hydrogen) atoms. The molecule has 1 heterocycles. The standard InChI is InChI=1S/C16H14FNS/c1-18-16(12-6-4-7-13(17)9-12)15-10-11-5-2-3-8-14(11)19-15/h2-10,16,18H,1H3. The number of benzene rings is 2. The normalized spacial score (nSPS) is 12.7. The molecule has 0 amide bonds. The molecular formula is C16H14FNS. The molecule has 0 radical (unpaired) electrons. The molecule has 0 spiro atoms. The molecule has 1 aromatic heterocycles. The fraction of sp³-hybridized carbons (Fsp3) is 0.125. The van der Waals surface area contributed by atoms with Gasteiger partial charge in [0.1, 0.15) is 5.82 Å². The maximum atomic E-state index is 13.4. The molecule has 1 atom stereocenters. The minimum atomic E-state index is -0.195. The molecule has 0 bridgehead atoms. The van der Waals surface area contributed by atoms with Gasteiger partial charge in [-0.1, -0.05) is 30.3 Å². The second kappa shape index (κ2) is 5.11. The third-order valence-corrected chi connectivity index (χ3v) is 4.38. The Morgan fingerprint density at radius 2 is 1.89 bits per heavy atom. The van der Waals surface area contributed by atoms with Gasteiger partial charge in [0.15, 0.2) is 0 Å². The van der Waals surface area contributed by atoms with Gasteiger partial charge in [0, 0.05) is 9.58 Å². The smallest absolute Gasteiger partial charge is 0.123 e. The van der Waals surface area contributed by atoms with Crippen LogP contribution in [0.5, 0.6) is 0 Å². The summed E-state index contributed by atoms with van der Waals surface area (Å²) in [5.41, 5.74) is 0.953. The molecule has 3 rings (SSSR count). The lowest BCUT2D eigenvalue weighted by atomic mass is 10.0. The highest BCUT2D eigenvalue weighted by Crippen LogP contribution is 2.33. The van der Waals surface area contributed by atoms with Gasteiger partial charge in [0.2, 0.25) is 0 Å². The third-order valence-electron chi connectivity index (χ3n) is 3.20. The zero-order valence-corrected chi connectivity index (χ0v) is 11.4. The summed E-state index contributed by atoms with van der Waals surface area (Å²) in [6, 6.07) is 17.3. The number of hydrogen-bond donors (Lipinski definition) is 1. The number of rotatable bonds is 3. The van der Waals surface area contributed by atoms with E-state index >= 15 is 0 Å². The van der Waals surface area contributed by atoms with Crippen LogP contribution in [0.2, 0.25) is 0 Å². The van der Waals surface area contributed by atoms with Crippen LogP contribution in [0.4, 0.5) is 4.39 Å². The molecule has 0 aliphatic heterocycles. The summed E-state index contributed by atoms with van der Waals surface area (Å²) in [6.45, 7) is 0. The van der Waals surface area contributed by atoms with Crippen molar-refractivity contribution in [2.45, 2.75) is 6.04 Å². The fourth-order valence-electron chi connectivity index (χ4n) is 2.30. The average molecular weight is 271 g/mol. The molecule has 0 aliphatic carbocycles.